The van der Waals surface area contributed by atoms with Crippen molar-refractivity contribution in [3.8, 4) is 5.75 Å². The van der Waals surface area contributed by atoms with E-state index < -0.39 is 30.4 Å². The molecular formula is C21H24N2O5. The van der Waals surface area contributed by atoms with E-state index in [1.807, 2.05) is 6.92 Å². The van der Waals surface area contributed by atoms with E-state index in [-0.39, 0.29) is 6.54 Å². The first-order valence-corrected chi connectivity index (χ1v) is 8.96. The van der Waals surface area contributed by atoms with Gasteiger partial charge in [0.05, 0.1) is 7.11 Å². The molecule has 148 valence electrons. The summed E-state index contributed by atoms with van der Waals surface area (Å²) in [5.41, 5.74) is 0.954. The minimum Gasteiger partial charge on any atom is -0.497 e. The predicted molar refractivity (Wildman–Crippen MR) is 104 cm³/mol. The van der Waals surface area contributed by atoms with Crippen molar-refractivity contribution >= 4 is 17.8 Å². The van der Waals surface area contributed by atoms with Gasteiger partial charge in [-0.15, -0.1) is 0 Å². The van der Waals surface area contributed by atoms with Crippen LogP contribution in [0.2, 0.25) is 0 Å². The lowest BCUT2D eigenvalue weighted by molar-refractivity contribution is -0.145. The van der Waals surface area contributed by atoms with Crippen LogP contribution in [0.4, 0.5) is 0 Å². The lowest BCUT2D eigenvalue weighted by Crippen LogP contribution is -2.45. The van der Waals surface area contributed by atoms with Crippen molar-refractivity contribution in [2.24, 2.45) is 0 Å². The number of carboxylic acids is 1. The molecule has 1 atom stereocenters. The number of benzene rings is 2. The summed E-state index contributed by atoms with van der Waals surface area (Å²) < 4.78 is 5.08. The number of methoxy groups -OCH3 is 1. The number of aliphatic carboxylic acids is 1. The second-order valence-electron chi connectivity index (χ2n) is 6.20. The van der Waals surface area contributed by atoms with Gasteiger partial charge in [-0.25, -0.2) is 0 Å². The zero-order valence-corrected chi connectivity index (χ0v) is 15.9. The minimum absolute atomic E-state index is 0.285. The van der Waals surface area contributed by atoms with Gasteiger partial charge in [0, 0.05) is 12.1 Å². The van der Waals surface area contributed by atoms with Gasteiger partial charge >= 0.3 is 5.97 Å². The molecular weight excluding hydrogens is 360 g/mol. The molecule has 28 heavy (non-hydrogen) atoms. The van der Waals surface area contributed by atoms with Crippen LogP contribution in [-0.4, -0.2) is 48.0 Å². The number of hydrogen-bond acceptors (Lipinski definition) is 4. The number of ether oxygens (including phenoxy) is 1. The lowest BCUT2D eigenvalue weighted by atomic mass is 10.0. The van der Waals surface area contributed by atoms with Gasteiger partial charge in [0.25, 0.3) is 5.91 Å². The third kappa shape index (κ3) is 5.57. The molecule has 0 aromatic heterocycles. The molecule has 2 N–H and O–H groups in total. The van der Waals surface area contributed by atoms with Gasteiger partial charge in [-0.2, -0.15) is 0 Å². The lowest BCUT2D eigenvalue weighted by Gasteiger charge is -2.26. The van der Waals surface area contributed by atoms with E-state index in [1.165, 1.54) is 12.0 Å². The predicted octanol–water partition coefficient (Wildman–Crippen LogP) is 2.49. The third-order valence-electron chi connectivity index (χ3n) is 4.14. The fourth-order valence-electron chi connectivity index (χ4n) is 2.77. The van der Waals surface area contributed by atoms with Crippen molar-refractivity contribution in [3.63, 3.8) is 0 Å². The first-order valence-electron chi connectivity index (χ1n) is 8.96. The average Bonchev–Trinajstić information content (AvgIpc) is 2.71. The Morgan fingerprint density at radius 2 is 1.71 bits per heavy atom. The van der Waals surface area contributed by atoms with Gasteiger partial charge in [-0.05, 0) is 36.2 Å². The molecule has 0 aliphatic rings. The molecule has 0 bridgehead atoms. The first kappa shape index (κ1) is 21.0. The maximum Gasteiger partial charge on any atom is 0.323 e. The van der Waals surface area contributed by atoms with Gasteiger partial charge < -0.3 is 20.1 Å². The second-order valence-corrected chi connectivity index (χ2v) is 6.20. The fourth-order valence-corrected chi connectivity index (χ4v) is 2.77. The summed E-state index contributed by atoms with van der Waals surface area (Å²) >= 11 is 0. The van der Waals surface area contributed by atoms with Gasteiger partial charge in [0.2, 0.25) is 5.91 Å². The second kappa shape index (κ2) is 10.1. The highest BCUT2D eigenvalue weighted by Gasteiger charge is 2.28. The molecule has 0 spiro atoms. The Kier molecular flexibility index (Phi) is 7.56. The molecule has 2 aromatic rings. The highest BCUT2D eigenvalue weighted by Crippen LogP contribution is 2.18. The first-order chi connectivity index (χ1) is 13.5. The monoisotopic (exact) mass is 384 g/mol. The SMILES string of the molecule is CCCN(CC(=O)O)C(=O)C(NC(=O)c1ccc(OC)cc1)c1ccccc1. The summed E-state index contributed by atoms with van der Waals surface area (Å²) in [4.78, 5) is 38.2. The van der Waals surface area contributed by atoms with Gasteiger partial charge in [-0.1, -0.05) is 37.3 Å². The Balaban J connectivity index is 2.29. The van der Waals surface area contributed by atoms with Crippen molar-refractivity contribution in [2.45, 2.75) is 19.4 Å². The van der Waals surface area contributed by atoms with E-state index in [0.717, 1.165) is 0 Å². The molecule has 7 nitrogen and oxygen atoms in total. The standard InChI is InChI=1S/C21H24N2O5/c1-3-13-23(14-18(24)25)21(27)19(15-7-5-4-6-8-15)22-20(26)16-9-11-17(28-2)12-10-16/h4-12,19H,3,13-14H2,1-2H3,(H,22,26)(H,24,25). The number of rotatable bonds is 9. The molecule has 0 radical (unpaired) electrons. The summed E-state index contributed by atoms with van der Waals surface area (Å²) in [5.74, 6) is -1.38. The van der Waals surface area contributed by atoms with E-state index in [1.54, 1.807) is 54.6 Å². The summed E-state index contributed by atoms with van der Waals surface area (Å²) in [6.45, 7) is 1.72. The van der Waals surface area contributed by atoms with Crippen LogP contribution in [0.5, 0.6) is 5.75 Å². The topological polar surface area (TPSA) is 95.9 Å². The normalized spacial score (nSPS) is 11.4. The van der Waals surface area contributed by atoms with Crippen molar-refractivity contribution in [2.75, 3.05) is 20.2 Å². The number of nitrogens with zero attached hydrogens (tertiary/aromatic N) is 1. The van der Waals surface area contributed by atoms with Gasteiger partial charge in [0.15, 0.2) is 0 Å². The van der Waals surface area contributed by atoms with E-state index in [9.17, 15) is 14.4 Å². The fraction of sp³-hybridized carbons (Fsp3) is 0.286. The van der Waals surface area contributed by atoms with Crippen molar-refractivity contribution in [3.05, 3.63) is 65.7 Å². The Labute approximate surface area is 163 Å². The molecule has 2 rings (SSSR count). The van der Waals surface area contributed by atoms with E-state index >= 15 is 0 Å². The number of carbonyl (C=O) groups excluding carboxylic acids is 2. The van der Waals surface area contributed by atoms with Crippen LogP contribution >= 0.6 is 0 Å². The molecule has 0 heterocycles. The van der Waals surface area contributed by atoms with Crippen molar-refractivity contribution < 1.29 is 24.2 Å². The molecule has 2 amide bonds. The summed E-state index contributed by atoms with van der Waals surface area (Å²) in [6.07, 6.45) is 0.604. The molecule has 0 saturated carbocycles. The molecule has 0 fully saturated rings. The number of nitrogens with one attached hydrogen (secondary N) is 1. The van der Waals surface area contributed by atoms with Crippen LogP contribution in [0, 0.1) is 0 Å². The quantitative estimate of drug-likeness (QED) is 0.692. The smallest absolute Gasteiger partial charge is 0.323 e. The van der Waals surface area contributed by atoms with Gasteiger partial charge in [-0.3, -0.25) is 14.4 Å². The number of hydrogen-bond donors (Lipinski definition) is 2. The molecule has 0 aliphatic carbocycles. The summed E-state index contributed by atoms with van der Waals surface area (Å²) in [7, 11) is 1.53. The van der Waals surface area contributed by atoms with Crippen LogP contribution in [0.15, 0.2) is 54.6 Å². The molecule has 0 aliphatic heterocycles. The molecule has 0 saturated heterocycles. The van der Waals surface area contributed by atoms with Crippen LogP contribution in [0.25, 0.3) is 0 Å². The maximum atomic E-state index is 13.1. The van der Waals surface area contributed by atoms with Crippen LogP contribution < -0.4 is 10.1 Å². The maximum absolute atomic E-state index is 13.1. The van der Waals surface area contributed by atoms with Crippen LogP contribution in [-0.2, 0) is 9.59 Å². The number of amides is 2. The Hall–Kier alpha value is -3.35. The van der Waals surface area contributed by atoms with E-state index in [0.29, 0.717) is 23.3 Å². The largest absolute Gasteiger partial charge is 0.497 e. The molecule has 1 unspecified atom stereocenters. The van der Waals surface area contributed by atoms with Crippen molar-refractivity contribution in [1.82, 2.24) is 10.2 Å². The highest BCUT2D eigenvalue weighted by atomic mass is 16.5. The van der Waals surface area contributed by atoms with E-state index in [2.05, 4.69) is 5.32 Å². The van der Waals surface area contributed by atoms with Crippen LogP contribution in [0.1, 0.15) is 35.3 Å². The minimum atomic E-state index is -1.10. The zero-order valence-electron chi connectivity index (χ0n) is 15.9. The Bertz CT molecular complexity index is 805. The van der Waals surface area contributed by atoms with Crippen LogP contribution in [0.3, 0.4) is 0 Å². The third-order valence-corrected chi connectivity index (χ3v) is 4.14. The Morgan fingerprint density at radius 3 is 2.25 bits per heavy atom. The Morgan fingerprint density at radius 1 is 1.07 bits per heavy atom. The average molecular weight is 384 g/mol. The highest BCUT2D eigenvalue weighted by molar-refractivity contribution is 5.98. The summed E-state index contributed by atoms with van der Waals surface area (Å²) in [5, 5.41) is 11.9. The molecule has 2 aromatic carbocycles. The summed E-state index contributed by atoms with van der Waals surface area (Å²) in [6, 6.07) is 14.3. The number of carboxylic acid groups (broad SMARTS) is 1. The van der Waals surface area contributed by atoms with Crippen molar-refractivity contribution in [1.29, 1.82) is 0 Å². The number of carbonyl (C=O) groups is 3. The van der Waals surface area contributed by atoms with E-state index in [4.69, 9.17) is 9.84 Å². The molecule has 7 heteroatoms. The van der Waals surface area contributed by atoms with Gasteiger partial charge in [0.1, 0.15) is 18.3 Å². The zero-order chi connectivity index (χ0) is 20.5.